The Morgan fingerprint density at radius 1 is 1.18 bits per heavy atom. The molecule has 0 atom stereocenters. The standard InChI is InChI=1S/C17H15FN2O2/c1-2-11-6-5-8-13-16(11)19-15(21)10-20(22)17(13)12-7-3-4-9-14(12)18/h3-9H,2,10H2,1H3,(H,19,21). The minimum atomic E-state index is -0.486. The van der Waals surface area contributed by atoms with Gasteiger partial charge in [0.25, 0.3) is 5.91 Å². The van der Waals surface area contributed by atoms with Crippen LogP contribution in [0, 0.1) is 11.0 Å². The van der Waals surface area contributed by atoms with Crippen LogP contribution in [0.1, 0.15) is 23.6 Å². The number of benzodiazepines with no additional fused rings is 1. The Kier molecular flexibility index (Phi) is 3.63. The summed E-state index contributed by atoms with van der Waals surface area (Å²) in [6, 6.07) is 11.5. The van der Waals surface area contributed by atoms with Crippen molar-refractivity contribution in [2.45, 2.75) is 13.3 Å². The van der Waals surface area contributed by atoms with Gasteiger partial charge in [-0.25, -0.2) is 4.39 Å². The van der Waals surface area contributed by atoms with Gasteiger partial charge in [0.1, 0.15) is 5.82 Å². The molecule has 1 heterocycles. The van der Waals surface area contributed by atoms with Gasteiger partial charge >= 0.3 is 0 Å². The van der Waals surface area contributed by atoms with Crippen LogP contribution in [0.15, 0.2) is 42.5 Å². The third-order valence-corrected chi connectivity index (χ3v) is 3.72. The van der Waals surface area contributed by atoms with Gasteiger partial charge < -0.3 is 10.5 Å². The molecule has 0 radical (unpaired) electrons. The van der Waals surface area contributed by atoms with E-state index in [-0.39, 0.29) is 17.8 Å². The molecule has 22 heavy (non-hydrogen) atoms. The molecule has 1 aliphatic rings. The average molecular weight is 298 g/mol. The number of nitrogens with zero attached hydrogens (tertiary/aromatic N) is 1. The minimum Gasteiger partial charge on any atom is -0.623 e. The van der Waals surface area contributed by atoms with Crippen LogP contribution in [0.5, 0.6) is 0 Å². The molecule has 2 aromatic rings. The molecule has 0 bridgehead atoms. The fourth-order valence-corrected chi connectivity index (χ4v) is 2.70. The maximum Gasteiger partial charge on any atom is 0.291 e. The van der Waals surface area contributed by atoms with Crippen molar-refractivity contribution in [1.29, 1.82) is 0 Å². The van der Waals surface area contributed by atoms with Gasteiger partial charge in [-0.3, -0.25) is 4.79 Å². The molecule has 0 saturated heterocycles. The summed E-state index contributed by atoms with van der Waals surface area (Å²) < 4.78 is 14.7. The highest BCUT2D eigenvalue weighted by atomic mass is 19.1. The number of fused-ring (bicyclic) bond motifs is 1. The summed E-state index contributed by atoms with van der Waals surface area (Å²) >= 11 is 0. The largest absolute Gasteiger partial charge is 0.623 e. The van der Waals surface area contributed by atoms with Crippen molar-refractivity contribution in [3.05, 3.63) is 70.2 Å². The number of halogens is 1. The van der Waals surface area contributed by atoms with Crippen molar-refractivity contribution < 1.29 is 13.9 Å². The molecule has 0 fully saturated rings. The molecule has 0 aromatic heterocycles. The quantitative estimate of drug-likeness (QED) is 0.684. The van der Waals surface area contributed by atoms with Crippen LogP contribution in [0.2, 0.25) is 0 Å². The summed E-state index contributed by atoms with van der Waals surface area (Å²) in [4.78, 5) is 11.9. The van der Waals surface area contributed by atoms with Crippen LogP contribution in [0.25, 0.3) is 0 Å². The molecule has 5 heteroatoms. The molecular weight excluding hydrogens is 283 g/mol. The van der Waals surface area contributed by atoms with Crippen molar-refractivity contribution >= 4 is 17.3 Å². The second kappa shape index (κ2) is 5.60. The first-order valence-electron chi connectivity index (χ1n) is 7.10. The van der Waals surface area contributed by atoms with Crippen LogP contribution in [-0.2, 0) is 11.2 Å². The van der Waals surface area contributed by atoms with E-state index in [0.29, 0.717) is 22.4 Å². The minimum absolute atomic E-state index is 0.182. The number of hydrogen-bond acceptors (Lipinski definition) is 2. The van der Waals surface area contributed by atoms with Gasteiger partial charge in [0.2, 0.25) is 12.3 Å². The zero-order valence-electron chi connectivity index (χ0n) is 12.1. The Balaban J connectivity index is 2.32. The SMILES string of the molecule is CCc1cccc2c1NC(=O)C[N+]([O-])=C2c1ccccc1F. The molecule has 112 valence electrons. The van der Waals surface area contributed by atoms with Crippen molar-refractivity contribution in [2.75, 3.05) is 11.9 Å². The third kappa shape index (κ3) is 2.35. The summed E-state index contributed by atoms with van der Waals surface area (Å²) in [5, 5.41) is 15.2. The molecule has 0 unspecified atom stereocenters. The number of amides is 1. The van der Waals surface area contributed by atoms with Gasteiger partial charge in [0.15, 0.2) is 0 Å². The summed E-state index contributed by atoms with van der Waals surface area (Å²) in [5.41, 5.74) is 2.43. The lowest BCUT2D eigenvalue weighted by atomic mass is 9.96. The topological polar surface area (TPSA) is 55.2 Å². The van der Waals surface area contributed by atoms with Crippen LogP contribution in [0.3, 0.4) is 0 Å². The first kappa shape index (κ1) is 14.3. The van der Waals surface area contributed by atoms with Gasteiger partial charge in [-0.05, 0) is 30.2 Å². The molecule has 3 rings (SSSR count). The number of aryl methyl sites for hydroxylation is 1. The number of carbonyl (C=O) groups excluding carboxylic acids is 1. The predicted molar refractivity (Wildman–Crippen MR) is 82.6 cm³/mol. The normalized spacial score (nSPS) is 14.4. The molecule has 1 aliphatic heterocycles. The summed E-state index contributed by atoms with van der Waals surface area (Å²) in [7, 11) is 0. The van der Waals surface area contributed by atoms with Crippen molar-refractivity contribution in [3.63, 3.8) is 0 Å². The third-order valence-electron chi connectivity index (χ3n) is 3.72. The van der Waals surface area contributed by atoms with Crippen LogP contribution < -0.4 is 5.32 Å². The van der Waals surface area contributed by atoms with Gasteiger partial charge in [0.05, 0.1) is 16.8 Å². The van der Waals surface area contributed by atoms with Crippen molar-refractivity contribution in [1.82, 2.24) is 0 Å². The van der Waals surface area contributed by atoms with Crippen molar-refractivity contribution in [2.24, 2.45) is 0 Å². The summed E-state index contributed by atoms with van der Waals surface area (Å²) in [6.45, 7) is 1.60. The van der Waals surface area contributed by atoms with E-state index in [4.69, 9.17) is 0 Å². The molecule has 0 saturated carbocycles. The fourth-order valence-electron chi connectivity index (χ4n) is 2.70. The first-order valence-corrected chi connectivity index (χ1v) is 7.10. The van der Waals surface area contributed by atoms with Gasteiger partial charge in [-0.15, -0.1) is 0 Å². The Bertz CT molecular complexity index is 784. The Labute approximate surface area is 127 Å². The van der Waals surface area contributed by atoms with Gasteiger partial charge in [0, 0.05) is 0 Å². The number of para-hydroxylation sites is 1. The lowest BCUT2D eigenvalue weighted by Gasteiger charge is -2.12. The highest BCUT2D eigenvalue weighted by molar-refractivity contribution is 6.16. The molecule has 1 N–H and O–H groups in total. The second-order valence-corrected chi connectivity index (χ2v) is 5.11. The monoisotopic (exact) mass is 298 g/mol. The van der Waals surface area contributed by atoms with Gasteiger partial charge in [-0.1, -0.05) is 31.2 Å². The molecule has 0 aliphatic carbocycles. The van der Waals surface area contributed by atoms with E-state index in [0.717, 1.165) is 5.56 Å². The molecule has 4 nitrogen and oxygen atoms in total. The van der Waals surface area contributed by atoms with E-state index in [9.17, 15) is 14.4 Å². The second-order valence-electron chi connectivity index (χ2n) is 5.11. The maximum absolute atomic E-state index is 14.2. The lowest BCUT2D eigenvalue weighted by molar-refractivity contribution is -0.443. The Morgan fingerprint density at radius 2 is 1.91 bits per heavy atom. The van der Waals surface area contributed by atoms with Gasteiger partial charge in [-0.2, -0.15) is 4.74 Å². The van der Waals surface area contributed by atoms with E-state index in [1.54, 1.807) is 24.3 Å². The molecule has 2 aromatic carbocycles. The Hall–Kier alpha value is -2.69. The summed E-state index contributed by atoms with van der Waals surface area (Å²) in [6.07, 6.45) is 0.701. The number of benzene rings is 2. The smallest absolute Gasteiger partial charge is 0.291 e. The lowest BCUT2D eigenvalue weighted by Crippen LogP contribution is -2.24. The number of nitrogens with one attached hydrogen (secondary N) is 1. The molecule has 0 spiro atoms. The van der Waals surface area contributed by atoms with Crippen LogP contribution in [-0.4, -0.2) is 22.9 Å². The van der Waals surface area contributed by atoms with E-state index in [2.05, 4.69) is 5.32 Å². The van der Waals surface area contributed by atoms with Crippen molar-refractivity contribution in [3.8, 4) is 0 Å². The van der Waals surface area contributed by atoms with E-state index in [1.165, 1.54) is 6.07 Å². The fraction of sp³-hybridized carbons (Fsp3) is 0.176. The van der Waals surface area contributed by atoms with Crippen LogP contribution >= 0.6 is 0 Å². The van der Waals surface area contributed by atoms with E-state index in [1.807, 2.05) is 19.1 Å². The first-order chi connectivity index (χ1) is 10.6. The number of rotatable bonds is 2. The predicted octanol–water partition coefficient (Wildman–Crippen LogP) is 2.69. The zero-order chi connectivity index (χ0) is 15.7. The average Bonchev–Trinajstić information content (AvgIpc) is 2.62. The highest BCUT2D eigenvalue weighted by Crippen LogP contribution is 2.27. The highest BCUT2D eigenvalue weighted by Gasteiger charge is 2.28. The number of hydrogen-bond donors (Lipinski definition) is 1. The molecule has 1 amide bonds. The Morgan fingerprint density at radius 3 is 2.64 bits per heavy atom. The zero-order valence-corrected chi connectivity index (χ0v) is 12.1. The van der Waals surface area contributed by atoms with Crippen LogP contribution in [0.4, 0.5) is 10.1 Å². The maximum atomic E-state index is 14.2. The number of carbonyl (C=O) groups is 1. The summed E-state index contributed by atoms with van der Waals surface area (Å²) in [5.74, 6) is -0.885. The van der Waals surface area contributed by atoms with E-state index >= 15 is 0 Å². The molecular formula is C17H15FN2O2. The van der Waals surface area contributed by atoms with E-state index < -0.39 is 11.7 Å². The number of hydroxylamine groups is 1. The number of anilines is 1.